The summed E-state index contributed by atoms with van der Waals surface area (Å²) in [6.45, 7) is 11.0. The number of para-hydroxylation sites is 1. The number of rotatable bonds is 7. The Balaban J connectivity index is 2.24. The molecule has 0 aliphatic carbocycles. The first kappa shape index (κ1) is 18.9. The average Bonchev–Trinajstić information content (AvgIpc) is 2.56. The molecule has 0 spiro atoms. The van der Waals surface area contributed by atoms with Gasteiger partial charge in [0.1, 0.15) is 5.69 Å². The number of carbonyl (C=O) groups is 1. The summed E-state index contributed by atoms with van der Waals surface area (Å²) in [5.74, 6) is 0.626. The van der Waals surface area contributed by atoms with Crippen LogP contribution in [0.5, 0.6) is 0 Å². The van der Waals surface area contributed by atoms with Crippen molar-refractivity contribution in [2.45, 2.75) is 53.4 Å². The van der Waals surface area contributed by atoms with Gasteiger partial charge in [0.2, 0.25) is 5.95 Å². The smallest absolute Gasteiger partial charge is 0.274 e. The van der Waals surface area contributed by atoms with Crippen molar-refractivity contribution in [2.75, 3.05) is 17.2 Å². The first-order chi connectivity index (χ1) is 11.9. The van der Waals surface area contributed by atoms with E-state index in [9.17, 15) is 4.79 Å². The molecule has 0 fully saturated rings. The second-order valence-electron chi connectivity index (χ2n) is 6.65. The molecule has 25 heavy (non-hydrogen) atoms. The van der Waals surface area contributed by atoms with Crippen LogP contribution in [0.4, 0.5) is 11.6 Å². The van der Waals surface area contributed by atoms with E-state index in [-0.39, 0.29) is 5.91 Å². The Morgan fingerprint density at radius 2 is 1.96 bits per heavy atom. The minimum atomic E-state index is -0.208. The van der Waals surface area contributed by atoms with Crippen LogP contribution in [0.25, 0.3) is 0 Å². The summed E-state index contributed by atoms with van der Waals surface area (Å²) in [5.41, 5.74) is 4.20. The Labute approximate surface area is 150 Å². The summed E-state index contributed by atoms with van der Waals surface area (Å²) in [5, 5.41) is 6.23. The summed E-state index contributed by atoms with van der Waals surface area (Å²) in [4.78, 5) is 21.5. The normalized spacial score (nSPS) is 10.8. The molecule has 2 N–H and O–H groups in total. The van der Waals surface area contributed by atoms with Crippen LogP contribution in [0, 0.1) is 13.8 Å². The number of benzene rings is 1. The lowest BCUT2D eigenvalue weighted by molar-refractivity contribution is 0.102. The second-order valence-corrected chi connectivity index (χ2v) is 6.65. The summed E-state index contributed by atoms with van der Waals surface area (Å²) >= 11 is 0. The standard InChI is InChI=1S/C20H28N4O/c1-6-7-11-21-20-22-15(5)12-17(23-20)19(25)24-18-14(4)9-8-10-16(18)13(2)3/h8-10,12-13H,6-7,11H2,1-5H3,(H,24,25)(H,21,22,23). The van der Waals surface area contributed by atoms with E-state index in [0.717, 1.165) is 41.9 Å². The van der Waals surface area contributed by atoms with Crippen LogP contribution in [-0.2, 0) is 0 Å². The van der Waals surface area contributed by atoms with Crippen molar-refractivity contribution in [2.24, 2.45) is 0 Å². The van der Waals surface area contributed by atoms with Crippen LogP contribution in [0.3, 0.4) is 0 Å². The van der Waals surface area contributed by atoms with E-state index in [1.807, 2.05) is 26.0 Å². The van der Waals surface area contributed by atoms with Gasteiger partial charge in [0.25, 0.3) is 5.91 Å². The third-order valence-corrected chi connectivity index (χ3v) is 4.07. The van der Waals surface area contributed by atoms with Gasteiger partial charge in [-0.05, 0) is 43.4 Å². The zero-order valence-electron chi connectivity index (χ0n) is 15.8. The molecule has 134 valence electrons. The number of anilines is 2. The molecule has 1 aromatic carbocycles. The molecular formula is C20H28N4O. The molecule has 0 saturated heterocycles. The van der Waals surface area contributed by atoms with Crippen LogP contribution < -0.4 is 10.6 Å². The number of aryl methyl sites for hydroxylation is 2. The highest BCUT2D eigenvalue weighted by Crippen LogP contribution is 2.27. The molecule has 0 aliphatic heterocycles. The third-order valence-electron chi connectivity index (χ3n) is 4.07. The molecule has 5 nitrogen and oxygen atoms in total. The first-order valence-electron chi connectivity index (χ1n) is 8.92. The summed E-state index contributed by atoms with van der Waals surface area (Å²) in [6.07, 6.45) is 2.14. The van der Waals surface area contributed by atoms with Gasteiger partial charge in [-0.15, -0.1) is 0 Å². The predicted octanol–water partition coefficient (Wildman–Crippen LogP) is 4.68. The van der Waals surface area contributed by atoms with Crippen molar-refractivity contribution < 1.29 is 4.79 Å². The maximum Gasteiger partial charge on any atom is 0.274 e. The fraction of sp³-hybridized carbons (Fsp3) is 0.450. The molecule has 5 heteroatoms. The fourth-order valence-electron chi connectivity index (χ4n) is 2.66. The van der Waals surface area contributed by atoms with Crippen molar-refractivity contribution in [1.82, 2.24) is 9.97 Å². The molecule has 1 amide bonds. The van der Waals surface area contributed by atoms with E-state index in [4.69, 9.17) is 0 Å². The SMILES string of the molecule is CCCCNc1nc(C)cc(C(=O)Nc2c(C)cccc2C(C)C)n1. The van der Waals surface area contributed by atoms with E-state index in [1.54, 1.807) is 6.07 Å². The van der Waals surface area contributed by atoms with Gasteiger partial charge in [-0.2, -0.15) is 0 Å². The average molecular weight is 340 g/mol. The number of unbranched alkanes of at least 4 members (excludes halogenated alkanes) is 1. The van der Waals surface area contributed by atoms with Crippen molar-refractivity contribution in [3.63, 3.8) is 0 Å². The van der Waals surface area contributed by atoms with Gasteiger partial charge >= 0.3 is 0 Å². The fourth-order valence-corrected chi connectivity index (χ4v) is 2.66. The highest BCUT2D eigenvalue weighted by Gasteiger charge is 2.15. The summed E-state index contributed by atoms with van der Waals surface area (Å²) < 4.78 is 0. The highest BCUT2D eigenvalue weighted by molar-refractivity contribution is 6.04. The number of amides is 1. The van der Waals surface area contributed by atoms with Gasteiger partial charge < -0.3 is 10.6 Å². The van der Waals surface area contributed by atoms with Crippen molar-refractivity contribution in [3.05, 3.63) is 46.8 Å². The minimum Gasteiger partial charge on any atom is -0.354 e. The first-order valence-corrected chi connectivity index (χ1v) is 8.92. The minimum absolute atomic E-state index is 0.208. The van der Waals surface area contributed by atoms with Gasteiger partial charge in [0.05, 0.1) is 0 Å². The number of aromatic nitrogens is 2. The Kier molecular flexibility index (Phi) is 6.51. The van der Waals surface area contributed by atoms with Crippen molar-refractivity contribution in [1.29, 1.82) is 0 Å². The molecule has 1 heterocycles. The van der Waals surface area contributed by atoms with Gasteiger partial charge in [-0.3, -0.25) is 4.79 Å². The maximum absolute atomic E-state index is 12.7. The zero-order valence-corrected chi connectivity index (χ0v) is 15.8. The largest absolute Gasteiger partial charge is 0.354 e. The Morgan fingerprint density at radius 1 is 1.20 bits per heavy atom. The molecular weight excluding hydrogens is 312 g/mol. The lowest BCUT2D eigenvalue weighted by atomic mass is 9.98. The lowest BCUT2D eigenvalue weighted by Gasteiger charge is -2.16. The second kappa shape index (κ2) is 8.60. The molecule has 0 aliphatic rings. The third kappa shape index (κ3) is 5.02. The molecule has 2 aromatic rings. The van der Waals surface area contributed by atoms with Gasteiger partial charge in [0, 0.05) is 17.9 Å². The lowest BCUT2D eigenvalue weighted by Crippen LogP contribution is -2.18. The quantitative estimate of drug-likeness (QED) is 0.718. The molecule has 2 rings (SSSR count). The Morgan fingerprint density at radius 3 is 2.64 bits per heavy atom. The molecule has 1 aromatic heterocycles. The monoisotopic (exact) mass is 340 g/mol. The number of nitrogens with one attached hydrogen (secondary N) is 2. The van der Waals surface area contributed by atoms with E-state index in [0.29, 0.717) is 17.6 Å². The molecule has 0 unspecified atom stereocenters. The van der Waals surface area contributed by atoms with Crippen molar-refractivity contribution in [3.8, 4) is 0 Å². The van der Waals surface area contributed by atoms with Gasteiger partial charge in [0.15, 0.2) is 0 Å². The van der Waals surface area contributed by atoms with E-state index < -0.39 is 0 Å². The van der Waals surface area contributed by atoms with Crippen LogP contribution in [0.1, 0.15) is 66.8 Å². The number of carbonyl (C=O) groups excluding carboxylic acids is 1. The molecule has 0 saturated carbocycles. The van der Waals surface area contributed by atoms with Crippen LogP contribution in [0.2, 0.25) is 0 Å². The Hall–Kier alpha value is -2.43. The van der Waals surface area contributed by atoms with E-state index in [2.05, 4.69) is 47.4 Å². The molecule has 0 bridgehead atoms. The van der Waals surface area contributed by atoms with Crippen LogP contribution in [-0.4, -0.2) is 22.4 Å². The molecule has 0 radical (unpaired) electrons. The Bertz CT molecular complexity index is 740. The van der Waals surface area contributed by atoms with Crippen molar-refractivity contribution >= 4 is 17.5 Å². The summed E-state index contributed by atoms with van der Waals surface area (Å²) in [6, 6.07) is 7.79. The van der Waals surface area contributed by atoms with E-state index >= 15 is 0 Å². The predicted molar refractivity (Wildman–Crippen MR) is 103 cm³/mol. The molecule has 0 atom stereocenters. The number of hydrogen-bond acceptors (Lipinski definition) is 4. The van der Waals surface area contributed by atoms with Crippen LogP contribution in [0.15, 0.2) is 24.3 Å². The van der Waals surface area contributed by atoms with Gasteiger partial charge in [-0.25, -0.2) is 9.97 Å². The summed E-state index contributed by atoms with van der Waals surface area (Å²) in [7, 11) is 0. The van der Waals surface area contributed by atoms with E-state index in [1.165, 1.54) is 0 Å². The number of hydrogen-bond donors (Lipinski definition) is 2. The topological polar surface area (TPSA) is 66.9 Å². The highest BCUT2D eigenvalue weighted by atomic mass is 16.1. The van der Waals surface area contributed by atoms with Crippen LogP contribution >= 0.6 is 0 Å². The van der Waals surface area contributed by atoms with Gasteiger partial charge in [-0.1, -0.05) is 45.4 Å². The maximum atomic E-state index is 12.7. The number of nitrogens with zero attached hydrogens (tertiary/aromatic N) is 2. The zero-order chi connectivity index (χ0) is 18.4.